The van der Waals surface area contributed by atoms with Crippen molar-refractivity contribution in [3.05, 3.63) is 23.9 Å². The summed E-state index contributed by atoms with van der Waals surface area (Å²) in [4.78, 5) is 6.06. The third-order valence-corrected chi connectivity index (χ3v) is 5.61. The van der Waals surface area contributed by atoms with Crippen molar-refractivity contribution < 1.29 is 17.9 Å². The summed E-state index contributed by atoms with van der Waals surface area (Å²) >= 11 is 0. The third kappa shape index (κ3) is 3.11. The van der Waals surface area contributed by atoms with Gasteiger partial charge in [-0.25, -0.2) is 4.98 Å². The number of halogens is 3. The average molecular weight is 341 g/mol. The van der Waals surface area contributed by atoms with Crippen molar-refractivity contribution in [2.45, 2.75) is 50.0 Å². The van der Waals surface area contributed by atoms with Crippen LogP contribution in [-0.4, -0.2) is 42.9 Å². The first-order valence-corrected chi connectivity index (χ1v) is 8.66. The molecule has 0 aromatic carbocycles. The molecule has 2 aliphatic heterocycles. The predicted molar refractivity (Wildman–Crippen MR) is 83.9 cm³/mol. The van der Waals surface area contributed by atoms with Crippen LogP contribution in [0.2, 0.25) is 0 Å². The lowest BCUT2D eigenvalue weighted by Gasteiger charge is -2.43. The number of aromatic nitrogens is 1. The van der Waals surface area contributed by atoms with E-state index >= 15 is 0 Å². The number of fused-ring (bicyclic) bond motifs is 1. The summed E-state index contributed by atoms with van der Waals surface area (Å²) in [7, 11) is 0. The maximum atomic E-state index is 12.6. The molecule has 132 valence electrons. The summed E-state index contributed by atoms with van der Waals surface area (Å²) in [5, 5.41) is 3.75. The standard InChI is InChI=1S/C17H22F3N3O/c18-17(19,20)11-1-2-16(21-10-11)23-6-3-12(4-7-23)22-14-9-15-13(14)5-8-24-15/h1-2,10,12-15,22H,3-9H2/t13-,14-,15+/m1/s1. The van der Waals surface area contributed by atoms with E-state index in [-0.39, 0.29) is 0 Å². The van der Waals surface area contributed by atoms with Crippen molar-refractivity contribution in [3.8, 4) is 0 Å². The molecule has 1 aliphatic carbocycles. The second kappa shape index (κ2) is 6.19. The number of nitrogens with zero attached hydrogens (tertiary/aromatic N) is 2. The minimum absolute atomic E-state index is 0.471. The monoisotopic (exact) mass is 341 g/mol. The van der Waals surface area contributed by atoms with Gasteiger partial charge in [0.1, 0.15) is 5.82 Å². The second-order valence-corrected chi connectivity index (χ2v) is 7.03. The highest BCUT2D eigenvalue weighted by Gasteiger charge is 2.45. The van der Waals surface area contributed by atoms with Gasteiger partial charge in [0, 0.05) is 43.9 Å². The molecule has 1 aromatic rings. The molecule has 4 nitrogen and oxygen atoms in total. The lowest BCUT2D eigenvalue weighted by molar-refractivity contribution is -0.137. The van der Waals surface area contributed by atoms with Gasteiger partial charge in [-0.2, -0.15) is 13.2 Å². The fourth-order valence-electron chi connectivity index (χ4n) is 4.11. The van der Waals surface area contributed by atoms with Crippen LogP contribution in [0.25, 0.3) is 0 Å². The molecule has 3 aliphatic rings. The van der Waals surface area contributed by atoms with Crippen molar-refractivity contribution >= 4 is 5.82 Å². The first-order chi connectivity index (χ1) is 11.5. The van der Waals surface area contributed by atoms with Crippen LogP contribution in [0.1, 0.15) is 31.2 Å². The van der Waals surface area contributed by atoms with E-state index in [0.717, 1.165) is 57.6 Å². The minimum atomic E-state index is -4.33. The Morgan fingerprint density at radius 2 is 1.96 bits per heavy atom. The Bertz CT molecular complexity index is 569. The van der Waals surface area contributed by atoms with Crippen LogP contribution in [0.4, 0.5) is 19.0 Å². The Labute approximate surface area is 139 Å². The molecule has 3 heterocycles. The van der Waals surface area contributed by atoms with E-state index in [1.165, 1.54) is 6.07 Å². The Balaban J connectivity index is 1.28. The number of hydrogen-bond acceptors (Lipinski definition) is 4. The normalized spacial score (nSPS) is 31.0. The highest BCUT2D eigenvalue weighted by Crippen LogP contribution is 2.39. The van der Waals surface area contributed by atoms with Crippen LogP contribution in [0, 0.1) is 5.92 Å². The lowest BCUT2D eigenvalue weighted by Crippen LogP contribution is -2.56. The molecule has 0 radical (unpaired) electrons. The van der Waals surface area contributed by atoms with Crippen LogP contribution in [0.15, 0.2) is 18.3 Å². The van der Waals surface area contributed by atoms with Crippen molar-refractivity contribution in [2.75, 3.05) is 24.6 Å². The number of anilines is 1. The van der Waals surface area contributed by atoms with Crippen molar-refractivity contribution in [2.24, 2.45) is 5.92 Å². The molecule has 1 aromatic heterocycles. The highest BCUT2D eigenvalue weighted by atomic mass is 19.4. The zero-order valence-electron chi connectivity index (χ0n) is 13.4. The lowest BCUT2D eigenvalue weighted by atomic mass is 9.75. The van der Waals surface area contributed by atoms with E-state index in [1.54, 1.807) is 0 Å². The number of alkyl halides is 3. The molecule has 2 saturated heterocycles. The second-order valence-electron chi connectivity index (χ2n) is 7.03. The predicted octanol–water partition coefficient (Wildman–Crippen LogP) is 2.84. The third-order valence-electron chi connectivity index (χ3n) is 5.61. The number of pyridine rings is 1. The SMILES string of the molecule is FC(F)(F)c1ccc(N2CCC(N[C@@H]3C[C@@H]4OCC[C@@H]43)CC2)nc1. The van der Waals surface area contributed by atoms with Crippen LogP contribution in [0.5, 0.6) is 0 Å². The molecule has 0 amide bonds. The van der Waals surface area contributed by atoms with Crippen LogP contribution in [0.3, 0.4) is 0 Å². The van der Waals surface area contributed by atoms with E-state index in [4.69, 9.17) is 4.74 Å². The van der Waals surface area contributed by atoms with E-state index in [2.05, 4.69) is 15.2 Å². The van der Waals surface area contributed by atoms with Gasteiger partial charge in [0.15, 0.2) is 0 Å². The maximum absolute atomic E-state index is 12.6. The molecule has 0 bridgehead atoms. The summed E-state index contributed by atoms with van der Waals surface area (Å²) in [6, 6.07) is 3.66. The quantitative estimate of drug-likeness (QED) is 0.917. The Morgan fingerprint density at radius 1 is 1.17 bits per heavy atom. The molecular formula is C17H22F3N3O. The van der Waals surface area contributed by atoms with E-state index in [0.29, 0.717) is 29.9 Å². The van der Waals surface area contributed by atoms with E-state index in [9.17, 15) is 13.2 Å². The van der Waals surface area contributed by atoms with Gasteiger partial charge in [-0.1, -0.05) is 0 Å². The first-order valence-electron chi connectivity index (χ1n) is 8.66. The largest absolute Gasteiger partial charge is 0.417 e. The van der Waals surface area contributed by atoms with Gasteiger partial charge in [0.25, 0.3) is 0 Å². The van der Waals surface area contributed by atoms with Crippen molar-refractivity contribution in [3.63, 3.8) is 0 Å². The Hall–Kier alpha value is -1.34. The zero-order chi connectivity index (χ0) is 16.7. The first kappa shape index (κ1) is 16.1. The number of rotatable bonds is 3. The molecule has 0 spiro atoms. The van der Waals surface area contributed by atoms with Crippen LogP contribution in [-0.2, 0) is 10.9 Å². The fourth-order valence-corrected chi connectivity index (χ4v) is 4.11. The topological polar surface area (TPSA) is 37.4 Å². The molecule has 4 rings (SSSR count). The van der Waals surface area contributed by atoms with Gasteiger partial charge in [-0.15, -0.1) is 0 Å². The van der Waals surface area contributed by atoms with Gasteiger partial charge >= 0.3 is 6.18 Å². The van der Waals surface area contributed by atoms with Crippen molar-refractivity contribution in [1.29, 1.82) is 0 Å². The highest BCUT2D eigenvalue weighted by molar-refractivity contribution is 5.40. The molecule has 7 heteroatoms. The molecular weight excluding hydrogens is 319 g/mol. The number of ether oxygens (including phenoxy) is 1. The molecule has 24 heavy (non-hydrogen) atoms. The molecule has 3 atom stereocenters. The Kier molecular flexibility index (Phi) is 4.16. The van der Waals surface area contributed by atoms with E-state index < -0.39 is 11.7 Å². The van der Waals surface area contributed by atoms with Gasteiger partial charge < -0.3 is 15.0 Å². The summed E-state index contributed by atoms with van der Waals surface area (Å²) < 4.78 is 43.4. The fraction of sp³-hybridized carbons (Fsp3) is 0.706. The molecule has 1 N–H and O–H groups in total. The van der Waals surface area contributed by atoms with Crippen LogP contribution >= 0.6 is 0 Å². The van der Waals surface area contributed by atoms with Gasteiger partial charge in [0.05, 0.1) is 11.7 Å². The summed E-state index contributed by atoms with van der Waals surface area (Å²) in [5.74, 6) is 1.31. The maximum Gasteiger partial charge on any atom is 0.417 e. The van der Waals surface area contributed by atoms with Crippen molar-refractivity contribution in [1.82, 2.24) is 10.3 Å². The molecule has 0 unspecified atom stereocenters. The zero-order valence-corrected chi connectivity index (χ0v) is 13.4. The minimum Gasteiger partial charge on any atom is -0.378 e. The smallest absolute Gasteiger partial charge is 0.378 e. The summed E-state index contributed by atoms with van der Waals surface area (Å²) in [5.41, 5.74) is -0.693. The summed E-state index contributed by atoms with van der Waals surface area (Å²) in [6.45, 7) is 2.55. The number of hydrogen-bond donors (Lipinski definition) is 1. The number of piperidine rings is 1. The van der Waals surface area contributed by atoms with Gasteiger partial charge in [-0.05, 0) is 37.8 Å². The van der Waals surface area contributed by atoms with Gasteiger partial charge in [-0.3, -0.25) is 0 Å². The average Bonchev–Trinajstić information content (AvgIpc) is 2.94. The van der Waals surface area contributed by atoms with E-state index in [1.807, 2.05) is 0 Å². The van der Waals surface area contributed by atoms with Crippen LogP contribution < -0.4 is 10.2 Å². The van der Waals surface area contributed by atoms with Gasteiger partial charge in [0.2, 0.25) is 0 Å². The molecule has 3 fully saturated rings. The Morgan fingerprint density at radius 3 is 2.58 bits per heavy atom. The summed E-state index contributed by atoms with van der Waals surface area (Å²) in [6.07, 6.45) is 1.34. The molecule has 1 saturated carbocycles. The number of nitrogens with one attached hydrogen (secondary N) is 1.